The minimum atomic E-state index is -1.23. The zero-order valence-corrected chi connectivity index (χ0v) is 9.72. The summed E-state index contributed by atoms with van der Waals surface area (Å²) >= 11 is 0. The van der Waals surface area contributed by atoms with E-state index in [1.807, 2.05) is 30.3 Å². The summed E-state index contributed by atoms with van der Waals surface area (Å²) < 4.78 is 1.75. The van der Waals surface area contributed by atoms with Crippen LogP contribution in [0.15, 0.2) is 54.2 Å². The van der Waals surface area contributed by atoms with Crippen LogP contribution in [-0.2, 0) is 12.1 Å². The second-order valence-electron chi connectivity index (χ2n) is 4.02. The zero-order chi connectivity index (χ0) is 12.8. The number of nitrogens with zero attached hydrogens (tertiary/aromatic N) is 5. The molecule has 92 valence electrons. The van der Waals surface area contributed by atoms with Crippen molar-refractivity contribution in [3.8, 4) is 0 Å². The summed E-state index contributed by atoms with van der Waals surface area (Å²) in [5.41, 5.74) is 7.92. The van der Waals surface area contributed by atoms with Crippen LogP contribution in [0.2, 0.25) is 0 Å². The van der Waals surface area contributed by atoms with Crippen LogP contribution in [0, 0.1) is 0 Å². The summed E-state index contributed by atoms with van der Waals surface area (Å²) in [4.78, 5) is 6.64. The van der Waals surface area contributed by atoms with Crippen molar-refractivity contribution in [3.63, 3.8) is 0 Å². The Hall–Kier alpha value is -2.30. The molecule has 1 aromatic carbocycles. The highest BCUT2D eigenvalue weighted by molar-refractivity contribution is 5.22. The topological polar surface area (TPSA) is 86.8 Å². The standard InChI is InChI=1S/C12H13N5O/c13-16-15-8-12(18,9-17-7-6-14-10-17)11-4-2-1-3-5-11/h1-7,10,18H,8-9H2. The summed E-state index contributed by atoms with van der Waals surface area (Å²) in [6.07, 6.45) is 5.01. The van der Waals surface area contributed by atoms with Gasteiger partial charge in [0.05, 0.1) is 19.4 Å². The van der Waals surface area contributed by atoms with Crippen LogP contribution in [0.1, 0.15) is 5.56 Å². The number of imidazole rings is 1. The highest BCUT2D eigenvalue weighted by atomic mass is 16.3. The summed E-state index contributed by atoms with van der Waals surface area (Å²) in [6, 6.07) is 9.16. The molecule has 1 atom stereocenters. The van der Waals surface area contributed by atoms with Gasteiger partial charge in [0, 0.05) is 17.3 Å². The number of azide groups is 1. The first-order valence-corrected chi connectivity index (χ1v) is 5.49. The third-order valence-corrected chi connectivity index (χ3v) is 2.71. The van der Waals surface area contributed by atoms with Gasteiger partial charge >= 0.3 is 0 Å². The van der Waals surface area contributed by atoms with Crippen molar-refractivity contribution in [2.45, 2.75) is 12.1 Å². The molecule has 1 aromatic heterocycles. The Labute approximate surface area is 104 Å². The van der Waals surface area contributed by atoms with E-state index < -0.39 is 5.60 Å². The lowest BCUT2D eigenvalue weighted by molar-refractivity contribution is 0.0276. The zero-order valence-electron chi connectivity index (χ0n) is 9.72. The first-order chi connectivity index (χ1) is 8.74. The van der Waals surface area contributed by atoms with Crippen molar-refractivity contribution < 1.29 is 5.11 Å². The third-order valence-electron chi connectivity index (χ3n) is 2.71. The van der Waals surface area contributed by atoms with Gasteiger partial charge in [-0.3, -0.25) is 0 Å². The average Bonchev–Trinajstić information content (AvgIpc) is 2.90. The Balaban J connectivity index is 2.31. The fourth-order valence-electron chi connectivity index (χ4n) is 1.81. The number of rotatable bonds is 5. The molecule has 0 aliphatic rings. The van der Waals surface area contributed by atoms with Crippen LogP contribution < -0.4 is 0 Å². The molecule has 0 aliphatic carbocycles. The van der Waals surface area contributed by atoms with E-state index in [1.165, 1.54) is 0 Å². The molecule has 0 saturated carbocycles. The van der Waals surface area contributed by atoms with Crippen LogP contribution in [0.4, 0.5) is 0 Å². The third kappa shape index (κ3) is 2.68. The molecule has 6 heteroatoms. The predicted molar refractivity (Wildman–Crippen MR) is 66.6 cm³/mol. The van der Waals surface area contributed by atoms with E-state index in [4.69, 9.17) is 5.53 Å². The van der Waals surface area contributed by atoms with Crippen molar-refractivity contribution in [2.75, 3.05) is 6.54 Å². The van der Waals surface area contributed by atoms with Crippen LogP contribution in [0.3, 0.4) is 0 Å². The Bertz CT molecular complexity index is 533. The molecule has 0 fully saturated rings. The smallest absolute Gasteiger partial charge is 0.113 e. The van der Waals surface area contributed by atoms with E-state index in [9.17, 15) is 5.11 Å². The predicted octanol–water partition coefficient (Wildman–Crippen LogP) is 2.08. The molecule has 0 amide bonds. The van der Waals surface area contributed by atoms with Crippen molar-refractivity contribution in [1.29, 1.82) is 0 Å². The SMILES string of the molecule is [N-]=[N+]=NCC(O)(Cn1ccnc1)c1ccccc1. The van der Waals surface area contributed by atoms with Crippen molar-refractivity contribution >= 4 is 0 Å². The van der Waals surface area contributed by atoms with Crippen molar-refractivity contribution in [1.82, 2.24) is 9.55 Å². The van der Waals surface area contributed by atoms with E-state index in [1.54, 1.807) is 23.3 Å². The minimum Gasteiger partial charge on any atom is -0.383 e. The Morgan fingerprint density at radius 1 is 1.39 bits per heavy atom. The first-order valence-electron chi connectivity index (χ1n) is 5.49. The largest absolute Gasteiger partial charge is 0.383 e. The van der Waals surface area contributed by atoms with E-state index in [2.05, 4.69) is 15.0 Å². The number of hydrogen-bond acceptors (Lipinski definition) is 3. The van der Waals surface area contributed by atoms with E-state index in [0.717, 1.165) is 0 Å². The normalized spacial score (nSPS) is 13.6. The monoisotopic (exact) mass is 243 g/mol. The molecule has 1 unspecified atom stereocenters. The van der Waals surface area contributed by atoms with Gasteiger partial charge in [0.15, 0.2) is 0 Å². The quantitative estimate of drug-likeness (QED) is 0.495. The number of aromatic nitrogens is 2. The van der Waals surface area contributed by atoms with Gasteiger partial charge < -0.3 is 9.67 Å². The van der Waals surface area contributed by atoms with Gasteiger partial charge in [-0.25, -0.2) is 4.98 Å². The molecular weight excluding hydrogens is 230 g/mol. The van der Waals surface area contributed by atoms with E-state index in [-0.39, 0.29) is 13.1 Å². The van der Waals surface area contributed by atoms with Crippen molar-refractivity contribution in [3.05, 3.63) is 65.1 Å². The fourth-order valence-corrected chi connectivity index (χ4v) is 1.81. The highest BCUT2D eigenvalue weighted by Gasteiger charge is 2.28. The molecule has 0 saturated heterocycles. The second kappa shape index (κ2) is 5.35. The molecular formula is C12H13N5O. The summed E-state index contributed by atoms with van der Waals surface area (Å²) in [6.45, 7) is 0.266. The number of hydrogen-bond donors (Lipinski definition) is 1. The lowest BCUT2D eigenvalue weighted by atomic mass is 9.94. The molecule has 0 spiro atoms. The summed E-state index contributed by atoms with van der Waals surface area (Å²) in [7, 11) is 0. The Kier molecular flexibility index (Phi) is 3.62. The van der Waals surface area contributed by atoms with Gasteiger partial charge in [-0.15, -0.1) is 0 Å². The lowest BCUT2D eigenvalue weighted by Crippen LogP contribution is -2.34. The van der Waals surface area contributed by atoms with E-state index in [0.29, 0.717) is 5.56 Å². The number of aliphatic hydroxyl groups is 1. The van der Waals surface area contributed by atoms with Crippen LogP contribution in [0.5, 0.6) is 0 Å². The number of benzene rings is 1. The average molecular weight is 243 g/mol. The van der Waals surface area contributed by atoms with Gasteiger partial charge in [-0.05, 0) is 11.1 Å². The van der Waals surface area contributed by atoms with Gasteiger partial charge in [-0.2, -0.15) is 0 Å². The maximum Gasteiger partial charge on any atom is 0.113 e. The molecule has 0 bridgehead atoms. The van der Waals surface area contributed by atoms with Crippen LogP contribution in [0.25, 0.3) is 10.4 Å². The maximum absolute atomic E-state index is 10.7. The van der Waals surface area contributed by atoms with Crippen LogP contribution >= 0.6 is 0 Å². The van der Waals surface area contributed by atoms with Gasteiger partial charge in [0.2, 0.25) is 0 Å². The molecule has 1 heterocycles. The minimum absolute atomic E-state index is 0.0221. The molecule has 18 heavy (non-hydrogen) atoms. The maximum atomic E-state index is 10.7. The van der Waals surface area contributed by atoms with Gasteiger partial charge in [0.1, 0.15) is 5.60 Å². The van der Waals surface area contributed by atoms with E-state index >= 15 is 0 Å². The van der Waals surface area contributed by atoms with Gasteiger partial charge in [-0.1, -0.05) is 35.4 Å². The molecule has 2 aromatic rings. The van der Waals surface area contributed by atoms with Crippen molar-refractivity contribution in [2.24, 2.45) is 5.11 Å². The molecule has 1 N–H and O–H groups in total. The molecule has 0 aliphatic heterocycles. The van der Waals surface area contributed by atoms with Gasteiger partial charge in [0.25, 0.3) is 0 Å². The first kappa shape index (κ1) is 12.2. The fraction of sp³-hybridized carbons (Fsp3) is 0.250. The highest BCUT2D eigenvalue weighted by Crippen LogP contribution is 2.23. The van der Waals surface area contributed by atoms with Crippen LogP contribution in [-0.4, -0.2) is 21.2 Å². The summed E-state index contributed by atoms with van der Waals surface area (Å²) in [5.74, 6) is 0. The molecule has 2 rings (SSSR count). The Morgan fingerprint density at radius 2 is 2.17 bits per heavy atom. The summed E-state index contributed by atoms with van der Waals surface area (Å²) in [5, 5.41) is 14.2. The molecule has 6 nitrogen and oxygen atoms in total. The molecule has 0 radical (unpaired) electrons. The Morgan fingerprint density at radius 3 is 2.78 bits per heavy atom. The lowest BCUT2D eigenvalue weighted by Gasteiger charge is -2.27. The second-order valence-corrected chi connectivity index (χ2v) is 4.02.